The highest BCUT2D eigenvalue weighted by Gasteiger charge is 2.18. The van der Waals surface area contributed by atoms with Crippen LogP contribution in [0.4, 0.5) is 5.69 Å². The Bertz CT molecular complexity index is 976. The summed E-state index contributed by atoms with van der Waals surface area (Å²) in [6.07, 6.45) is 7.08. The standard InChI is InChI=1S/C21H19N5/c1-14(2)16-5-6-19-18(12-16)20(17-4-3-9-23-13-17)25-26-21(24-19)15-7-10-22-11-8-15/h3-14H,1-2H3,(H,24,26). The average Bonchev–Trinajstić information content (AvgIpc) is 2.88. The fourth-order valence-corrected chi connectivity index (χ4v) is 2.88. The smallest absolute Gasteiger partial charge is 0.154 e. The molecule has 1 N–H and O–H groups in total. The van der Waals surface area contributed by atoms with Crippen molar-refractivity contribution in [1.82, 2.24) is 15.4 Å². The first-order chi connectivity index (χ1) is 12.7. The van der Waals surface area contributed by atoms with E-state index in [1.165, 1.54) is 5.56 Å². The zero-order valence-electron chi connectivity index (χ0n) is 14.7. The van der Waals surface area contributed by atoms with Crippen molar-refractivity contribution in [2.45, 2.75) is 19.8 Å². The van der Waals surface area contributed by atoms with E-state index in [1.807, 2.05) is 30.5 Å². The molecule has 0 radical (unpaired) electrons. The molecule has 5 heteroatoms. The quantitative estimate of drug-likeness (QED) is 0.782. The summed E-state index contributed by atoms with van der Waals surface area (Å²) in [6.45, 7) is 4.37. The van der Waals surface area contributed by atoms with Gasteiger partial charge in [0, 0.05) is 41.5 Å². The number of nitrogens with zero attached hydrogens (tertiary/aromatic N) is 4. The van der Waals surface area contributed by atoms with E-state index in [0.717, 1.165) is 28.1 Å². The van der Waals surface area contributed by atoms with Gasteiger partial charge in [-0.25, -0.2) is 4.99 Å². The van der Waals surface area contributed by atoms with Crippen molar-refractivity contribution in [1.29, 1.82) is 0 Å². The van der Waals surface area contributed by atoms with E-state index in [0.29, 0.717) is 11.8 Å². The van der Waals surface area contributed by atoms with Crippen LogP contribution in [-0.2, 0) is 0 Å². The Morgan fingerprint density at radius 3 is 2.46 bits per heavy atom. The number of aromatic nitrogens is 2. The van der Waals surface area contributed by atoms with Crippen LogP contribution in [0.5, 0.6) is 0 Å². The van der Waals surface area contributed by atoms with Crippen molar-refractivity contribution in [3.05, 3.63) is 89.5 Å². The van der Waals surface area contributed by atoms with E-state index in [2.05, 4.69) is 52.5 Å². The highest BCUT2D eigenvalue weighted by atomic mass is 15.3. The summed E-state index contributed by atoms with van der Waals surface area (Å²) in [6, 6.07) is 14.1. The normalized spacial score (nSPS) is 13.3. The Morgan fingerprint density at radius 1 is 0.885 bits per heavy atom. The van der Waals surface area contributed by atoms with Gasteiger partial charge in [-0.2, -0.15) is 5.10 Å². The first kappa shape index (κ1) is 16.1. The SMILES string of the molecule is CC(C)c1ccc2c(c1)C(c1cccnc1)=NNC(c1ccncc1)=N2. The number of benzene rings is 1. The van der Waals surface area contributed by atoms with Gasteiger partial charge in [-0.05, 0) is 47.9 Å². The van der Waals surface area contributed by atoms with Crippen molar-refractivity contribution < 1.29 is 0 Å². The van der Waals surface area contributed by atoms with Gasteiger partial charge in [0.25, 0.3) is 0 Å². The van der Waals surface area contributed by atoms with Gasteiger partial charge in [0.05, 0.1) is 5.69 Å². The summed E-state index contributed by atoms with van der Waals surface area (Å²) < 4.78 is 0. The van der Waals surface area contributed by atoms with Gasteiger partial charge < -0.3 is 0 Å². The third-order valence-corrected chi connectivity index (χ3v) is 4.34. The molecule has 1 aliphatic rings. The van der Waals surface area contributed by atoms with Crippen LogP contribution >= 0.6 is 0 Å². The maximum absolute atomic E-state index is 4.83. The van der Waals surface area contributed by atoms with Crippen LogP contribution in [0.15, 0.2) is 77.3 Å². The fraction of sp³-hybridized carbons (Fsp3) is 0.143. The van der Waals surface area contributed by atoms with Crippen LogP contribution in [0.2, 0.25) is 0 Å². The van der Waals surface area contributed by atoms with Crippen molar-refractivity contribution in [3.8, 4) is 0 Å². The number of pyridine rings is 2. The number of hydrogen-bond donors (Lipinski definition) is 1. The number of fused-ring (bicyclic) bond motifs is 1. The van der Waals surface area contributed by atoms with Crippen LogP contribution < -0.4 is 5.43 Å². The Kier molecular flexibility index (Phi) is 4.27. The summed E-state index contributed by atoms with van der Waals surface area (Å²) in [5.74, 6) is 1.13. The molecule has 0 spiro atoms. The van der Waals surface area contributed by atoms with Gasteiger partial charge in [0.1, 0.15) is 5.71 Å². The molecule has 3 aromatic rings. The lowest BCUT2D eigenvalue weighted by Crippen LogP contribution is -2.19. The molecule has 0 saturated heterocycles. The number of amidine groups is 1. The molecule has 26 heavy (non-hydrogen) atoms. The Balaban J connectivity index is 1.89. The van der Waals surface area contributed by atoms with Gasteiger partial charge in [-0.3, -0.25) is 15.4 Å². The van der Waals surface area contributed by atoms with Gasteiger partial charge >= 0.3 is 0 Å². The fourth-order valence-electron chi connectivity index (χ4n) is 2.88. The summed E-state index contributed by atoms with van der Waals surface area (Å²) >= 11 is 0. The number of nitrogens with one attached hydrogen (secondary N) is 1. The van der Waals surface area contributed by atoms with Crippen molar-refractivity contribution >= 4 is 17.2 Å². The van der Waals surface area contributed by atoms with Crippen molar-refractivity contribution in [2.75, 3.05) is 0 Å². The maximum Gasteiger partial charge on any atom is 0.154 e. The molecule has 0 unspecified atom stereocenters. The minimum absolute atomic E-state index is 0.426. The molecule has 0 aliphatic carbocycles. The van der Waals surface area contributed by atoms with Gasteiger partial charge in [-0.15, -0.1) is 0 Å². The number of hydrazone groups is 1. The monoisotopic (exact) mass is 341 g/mol. The van der Waals surface area contributed by atoms with Crippen LogP contribution in [0.1, 0.15) is 42.0 Å². The topological polar surface area (TPSA) is 62.5 Å². The molecule has 0 amide bonds. The lowest BCUT2D eigenvalue weighted by atomic mass is 9.95. The minimum atomic E-state index is 0.426. The van der Waals surface area contributed by atoms with Crippen LogP contribution in [0.3, 0.4) is 0 Å². The maximum atomic E-state index is 4.83. The second kappa shape index (κ2) is 6.88. The van der Waals surface area contributed by atoms with Crippen LogP contribution in [-0.4, -0.2) is 21.5 Å². The number of hydrogen-bond acceptors (Lipinski definition) is 5. The first-order valence-electron chi connectivity index (χ1n) is 8.60. The molecule has 128 valence electrons. The number of aliphatic imine (C=N–C) groups is 1. The first-order valence-corrected chi connectivity index (χ1v) is 8.60. The second-order valence-corrected chi connectivity index (χ2v) is 6.44. The molecular weight excluding hydrogens is 322 g/mol. The molecule has 4 rings (SSSR count). The largest absolute Gasteiger partial charge is 0.265 e. The Morgan fingerprint density at radius 2 is 1.73 bits per heavy atom. The molecule has 0 saturated carbocycles. The second-order valence-electron chi connectivity index (χ2n) is 6.44. The highest BCUT2D eigenvalue weighted by Crippen LogP contribution is 2.29. The Hall–Kier alpha value is -3.34. The molecule has 1 aliphatic heterocycles. The van der Waals surface area contributed by atoms with Crippen molar-refractivity contribution in [2.24, 2.45) is 10.1 Å². The third-order valence-electron chi connectivity index (χ3n) is 4.34. The molecular formula is C21H19N5. The summed E-state index contributed by atoms with van der Waals surface area (Å²) in [5, 5.41) is 4.67. The summed E-state index contributed by atoms with van der Waals surface area (Å²) in [4.78, 5) is 13.1. The molecule has 3 heterocycles. The predicted octanol–water partition coefficient (Wildman–Crippen LogP) is 4.03. The van der Waals surface area contributed by atoms with E-state index in [1.54, 1.807) is 18.6 Å². The van der Waals surface area contributed by atoms with Gasteiger partial charge in [0.2, 0.25) is 0 Å². The molecule has 2 aromatic heterocycles. The predicted molar refractivity (Wildman–Crippen MR) is 104 cm³/mol. The molecule has 0 fully saturated rings. The van der Waals surface area contributed by atoms with E-state index in [4.69, 9.17) is 4.99 Å². The summed E-state index contributed by atoms with van der Waals surface area (Å²) in [5.41, 5.74) is 8.99. The minimum Gasteiger partial charge on any atom is -0.265 e. The lowest BCUT2D eigenvalue weighted by molar-refractivity contribution is 0.866. The van der Waals surface area contributed by atoms with E-state index < -0.39 is 0 Å². The van der Waals surface area contributed by atoms with Gasteiger partial charge in [-0.1, -0.05) is 19.9 Å². The van der Waals surface area contributed by atoms with Gasteiger partial charge in [0.15, 0.2) is 5.84 Å². The molecule has 1 aromatic carbocycles. The summed E-state index contributed by atoms with van der Waals surface area (Å²) in [7, 11) is 0. The van der Waals surface area contributed by atoms with Crippen LogP contribution in [0.25, 0.3) is 0 Å². The van der Waals surface area contributed by atoms with Crippen LogP contribution in [0, 0.1) is 0 Å². The molecule has 0 atom stereocenters. The van der Waals surface area contributed by atoms with E-state index in [-0.39, 0.29) is 0 Å². The zero-order chi connectivity index (χ0) is 17.9. The number of rotatable bonds is 3. The van der Waals surface area contributed by atoms with Crippen molar-refractivity contribution in [3.63, 3.8) is 0 Å². The zero-order valence-corrected chi connectivity index (χ0v) is 14.7. The molecule has 0 bridgehead atoms. The Labute approximate surface area is 152 Å². The average molecular weight is 341 g/mol. The molecule has 5 nitrogen and oxygen atoms in total. The van der Waals surface area contributed by atoms with E-state index >= 15 is 0 Å². The lowest BCUT2D eigenvalue weighted by Gasteiger charge is -2.11. The highest BCUT2D eigenvalue weighted by molar-refractivity contribution is 6.17. The van der Waals surface area contributed by atoms with E-state index in [9.17, 15) is 0 Å². The third kappa shape index (κ3) is 3.11.